The van der Waals surface area contributed by atoms with Crippen LogP contribution in [0.4, 0.5) is 0 Å². The van der Waals surface area contributed by atoms with Gasteiger partial charge >= 0.3 is 0 Å². The second kappa shape index (κ2) is 17.0. The number of rotatable bonds is 7. The number of imidazole rings is 1. The molecular formula is C63H63N3O. The molecule has 0 bridgehead atoms. The zero-order valence-corrected chi connectivity index (χ0v) is 39.8. The highest BCUT2D eigenvalue weighted by Gasteiger charge is 2.28. The molecule has 0 aliphatic rings. The Bertz CT molecular complexity index is 3940. The third-order valence-corrected chi connectivity index (χ3v) is 12.3. The van der Waals surface area contributed by atoms with Crippen LogP contribution in [0, 0.1) is 20.6 Å². The number of hydrogen-bond donors (Lipinski definition) is 1. The van der Waals surface area contributed by atoms with Gasteiger partial charge in [0.1, 0.15) is 11.6 Å². The molecule has 0 radical (unpaired) electrons. The molecule has 7 aromatic carbocycles. The van der Waals surface area contributed by atoms with E-state index in [1.54, 1.807) is 22.8 Å². The van der Waals surface area contributed by atoms with E-state index in [0.29, 0.717) is 50.1 Å². The van der Waals surface area contributed by atoms with Gasteiger partial charge in [0.05, 0.1) is 37.6 Å². The molecule has 0 aliphatic carbocycles. The summed E-state index contributed by atoms with van der Waals surface area (Å²) in [6.07, 6.45) is -0.613. The highest BCUT2D eigenvalue weighted by molar-refractivity contribution is 5.97. The molecule has 0 aliphatic heterocycles. The first-order valence-corrected chi connectivity index (χ1v) is 22.6. The third kappa shape index (κ3) is 8.74. The number of fused-ring (bicyclic) bond motifs is 1. The van der Waals surface area contributed by atoms with Gasteiger partial charge in [0, 0.05) is 31.1 Å². The van der Waals surface area contributed by atoms with Gasteiger partial charge in [-0.05, 0) is 147 Å². The number of pyridine rings is 1. The van der Waals surface area contributed by atoms with Crippen LogP contribution in [-0.4, -0.2) is 19.6 Å². The van der Waals surface area contributed by atoms with Gasteiger partial charge in [0.25, 0.3) is 0 Å². The number of aromatic nitrogens is 3. The first-order chi connectivity index (χ1) is 37.1. The predicted molar refractivity (Wildman–Crippen MR) is 283 cm³/mol. The van der Waals surface area contributed by atoms with Crippen molar-refractivity contribution in [1.82, 2.24) is 14.5 Å². The topological polar surface area (TPSA) is 50.9 Å². The fraction of sp³-hybridized carbons (Fsp3) is 0.238. The van der Waals surface area contributed by atoms with Crippen molar-refractivity contribution in [2.24, 2.45) is 0 Å². The Morgan fingerprint density at radius 3 is 1.97 bits per heavy atom. The minimum atomic E-state index is -3.00. The molecule has 0 fully saturated rings. The zero-order valence-electron chi connectivity index (χ0n) is 52.8. The van der Waals surface area contributed by atoms with Crippen LogP contribution in [0.3, 0.4) is 0 Å². The predicted octanol–water partition coefficient (Wildman–Crippen LogP) is 16.9. The molecule has 67 heavy (non-hydrogen) atoms. The summed E-state index contributed by atoms with van der Waals surface area (Å²) in [5.74, 6) is 0.263. The molecule has 4 nitrogen and oxygen atoms in total. The smallest absolute Gasteiger partial charge is 0.149 e. The Morgan fingerprint density at radius 1 is 0.552 bits per heavy atom. The average molecular weight is 891 g/mol. The van der Waals surface area contributed by atoms with Crippen LogP contribution >= 0.6 is 0 Å². The standard InChI is InChI=1S/C63H63N3O/c1-39-24-26-42(27-25-39)44-30-31-64-54(38-44)47-35-46(36-48(37-47)61(4,5)6)50-21-17-23-56-58(50)65-60(51-32-40(2)33-53(59(51)67)63(10,11)12)66(56)55-29-28-45(34-41(55)3)57-49(43-18-14-13-15-19-43)20-16-22-52(57)62(7,8)9/h13-38,67H,1-12H3/i1D3,3D3,24D,25D,26D,27D,30D,31D,38D. The first kappa shape index (κ1) is 31.8. The van der Waals surface area contributed by atoms with Gasteiger partial charge in [0.2, 0.25) is 0 Å². The fourth-order valence-electron chi connectivity index (χ4n) is 8.88. The van der Waals surface area contributed by atoms with E-state index in [1.807, 2.05) is 133 Å². The number of para-hydroxylation sites is 1. The average Bonchev–Trinajstić information content (AvgIpc) is 3.87. The zero-order chi connectivity index (χ0) is 58.7. The van der Waals surface area contributed by atoms with Gasteiger partial charge in [-0.2, -0.15) is 0 Å². The van der Waals surface area contributed by atoms with Crippen LogP contribution in [0.25, 0.3) is 83.9 Å². The van der Waals surface area contributed by atoms with Gasteiger partial charge in [-0.1, -0.05) is 171 Å². The van der Waals surface area contributed by atoms with Gasteiger partial charge in [-0.15, -0.1) is 0 Å². The molecule has 4 heteroatoms. The number of benzene rings is 7. The summed E-state index contributed by atoms with van der Waals surface area (Å²) in [5, 5.41) is 12.4. The van der Waals surface area contributed by atoms with Gasteiger partial charge in [-0.3, -0.25) is 9.55 Å². The molecule has 0 saturated heterocycles. The molecule has 0 amide bonds. The summed E-state index contributed by atoms with van der Waals surface area (Å²) in [5.41, 5.74) is 6.78. The van der Waals surface area contributed by atoms with Gasteiger partial charge in [0.15, 0.2) is 0 Å². The van der Waals surface area contributed by atoms with E-state index in [9.17, 15) is 10.6 Å². The number of aryl methyl sites for hydroxylation is 2. The molecule has 9 aromatic rings. The van der Waals surface area contributed by atoms with Crippen molar-refractivity contribution in [2.45, 2.75) is 99.2 Å². The molecule has 336 valence electrons. The summed E-state index contributed by atoms with van der Waals surface area (Å²) in [6, 6.07) is 32.2. The van der Waals surface area contributed by atoms with Crippen molar-refractivity contribution in [2.75, 3.05) is 0 Å². The highest BCUT2D eigenvalue weighted by atomic mass is 16.3. The van der Waals surface area contributed by atoms with Crippen LogP contribution < -0.4 is 0 Å². The SMILES string of the molecule is [2H]c1nc(-c2cc(-c3cccc4c3nc(-c3cc(C)cc(C(C)(C)C)c3O)n4-c3ccc(-c4c(-c5ccccc5)cccc4C(C)(C)C)cc3C([2H])([2H])[2H])cc(C(C)(C)C)c2)c([2H])c(-c2c([2H])c([2H])c(C([2H])([2H])[2H])c([2H])c2[2H])c1[2H]. The van der Waals surface area contributed by atoms with Crippen LogP contribution in [0.15, 0.2) is 158 Å². The van der Waals surface area contributed by atoms with Crippen LogP contribution in [0.1, 0.15) is 114 Å². The molecule has 9 rings (SSSR count). The molecule has 0 atom stereocenters. The van der Waals surface area contributed by atoms with E-state index < -0.39 is 83.7 Å². The largest absolute Gasteiger partial charge is 0.507 e. The summed E-state index contributed by atoms with van der Waals surface area (Å²) < 4.78 is 116. The van der Waals surface area contributed by atoms with E-state index in [4.69, 9.17) is 17.3 Å². The first-order valence-electron chi connectivity index (χ1n) is 29.1. The van der Waals surface area contributed by atoms with E-state index in [1.165, 1.54) is 0 Å². The lowest BCUT2D eigenvalue weighted by Gasteiger charge is -2.26. The lowest BCUT2D eigenvalue weighted by Crippen LogP contribution is -2.13. The van der Waals surface area contributed by atoms with Gasteiger partial charge < -0.3 is 5.11 Å². The third-order valence-electron chi connectivity index (χ3n) is 12.3. The number of phenolic OH excluding ortho intramolecular Hbond substituents is 1. The van der Waals surface area contributed by atoms with Crippen LogP contribution in [0.2, 0.25) is 0 Å². The van der Waals surface area contributed by atoms with E-state index in [2.05, 4.69) is 37.9 Å². The Labute approximate surface area is 416 Å². The number of aromatic hydroxyl groups is 1. The van der Waals surface area contributed by atoms with E-state index in [-0.39, 0.29) is 28.2 Å². The van der Waals surface area contributed by atoms with Crippen LogP contribution in [0.5, 0.6) is 5.75 Å². The Hall–Kier alpha value is -7.04. The van der Waals surface area contributed by atoms with Crippen LogP contribution in [-0.2, 0) is 16.2 Å². The quantitative estimate of drug-likeness (QED) is 0.173. The maximum Gasteiger partial charge on any atom is 0.149 e. The molecule has 2 aromatic heterocycles. The summed E-state index contributed by atoms with van der Waals surface area (Å²) in [7, 11) is 0. The van der Waals surface area contributed by atoms with Crippen molar-refractivity contribution in [3.8, 4) is 78.6 Å². The van der Waals surface area contributed by atoms with E-state index >= 15 is 0 Å². The molecular weight excluding hydrogens is 815 g/mol. The molecule has 2 heterocycles. The van der Waals surface area contributed by atoms with Crippen molar-refractivity contribution in [3.63, 3.8) is 0 Å². The number of phenols is 1. The molecule has 0 spiro atoms. The lowest BCUT2D eigenvalue weighted by molar-refractivity contribution is 0.448. The van der Waals surface area contributed by atoms with Crippen molar-refractivity contribution in [1.29, 1.82) is 0 Å². The maximum absolute atomic E-state index is 12.4. The van der Waals surface area contributed by atoms with E-state index in [0.717, 1.165) is 33.4 Å². The molecule has 0 unspecified atom stereocenters. The summed E-state index contributed by atoms with van der Waals surface area (Å²) in [4.78, 5) is 9.85. The minimum Gasteiger partial charge on any atom is -0.507 e. The Kier molecular flexibility index (Phi) is 8.07. The Morgan fingerprint density at radius 2 is 1.27 bits per heavy atom. The summed E-state index contributed by atoms with van der Waals surface area (Å²) >= 11 is 0. The minimum absolute atomic E-state index is 0.0134. The molecule has 0 saturated carbocycles. The molecule has 1 N–H and O–H groups in total. The highest BCUT2D eigenvalue weighted by Crippen LogP contribution is 2.45. The maximum atomic E-state index is 12.4. The summed E-state index contributed by atoms with van der Waals surface area (Å²) in [6.45, 7) is 14.7. The van der Waals surface area contributed by atoms with Crippen molar-refractivity contribution in [3.05, 3.63) is 191 Å². The van der Waals surface area contributed by atoms with Gasteiger partial charge in [-0.25, -0.2) is 4.98 Å². The second-order valence-corrected chi connectivity index (χ2v) is 20.5. The van der Waals surface area contributed by atoms with Crippen molar-refractivity contribution >= 4 is 11.0 Å². The number of nitrogens with zero attached hydrogens (tertiary/aromatic N) is 3. The fourth-order valence-corrected chi connectivity index (χ4v) is 8.88. The number of hydrogen-bond acceptors (Lipinski definition) is 3. The Balaban J connectivity index is 1.36. The lowest BCUT2D eigenvalue weighted by atomic mass is 9.78. The van der Waals surface area contributed by atoms with Crippen molar-refractivity contribution < 1.29 is 22.9 Å². The second-order valence-electron chi connectivity index (χ2n) is 20.5. The normalized spacial score (nSPS) is 15.4. The monoisotopic (exact) mass is 891 g/mol.